The maximum absolute atomic E-state index is 13.4. The number of hydrogen-bond donors (Lipinski definition) is 1. The second-order valence-electron chi connectivity index (χ2n) is 3.28. The van der Waals surface area contributed by atoms with Crippen LogP contribution in [0.15, 0.2) is 18.2 Å². The van der Waals surface area contributed by atoms with Crippen LogP contribution in [0.25, 0.3) is 0 Å². The lowest BCUT2D eigenvalue weighted by Gasteiger charge is -2.13. The first kappa shape index (κ1) is 12.8. The van der Waals surface area contributed by atoms with Crippen LogP contribution in [-0.4, -0.2) is 19.8 Å². The average Bonchev–Trinajstić information content (AvgIpc) is 2.31. The molecule has 0 spiro atoms. The van der Waals surface area contributed by atoms with Gasteiger partial charge >= 0.3 is 0 Å². The van der Waals surface area contributed by atoms with Gasteiger partial charge in [0.1, 0.15) is 6.17 Å². The molecule has 0 radical (unpaired) electrons. The Hall–Kier alpha value is -1.29. The van der Waals surface area contributed by atoms with Crippen LogP contribution in [0.3, 0.4) is 0 Å². The highest BCUT2D eigenvalue weighted by molar-refractivity contribution is 5.43. The fourth-order valence-electron chi connectivity index (χ4n) is 1.40. The molecule has 90 valence electrons. The van der Waals surface area contributed by atoms with Crippen LogP contribution in [0, 0.1) is 0 Å². The summed E-state index contributed by atoms with van der Waals surface area (Å²) in [7, 11) is 0. The molecule has 0 saturated carbocycles. The Bertz CT molecular complexity index is 331. The molecular weight excluding hydrogens is 209 g/mol. The standard InChI is InChI=1S/C12H18FNO2/c1-3-15-11-6-5-9(10(13)8-14)7-12(11)16-4-2/h5-7,10H,3-4,8,14H2,1-2H3. The largest absolute Gasteiger partial charge is 0.490 e. The topological polar surface area (TPSA) is 44.5 Å². The molecule has 4 heteroatoms. The minimum absolute atomic E-state index is 0.0282. The number of nitrogens with two attached hydrogens (primary N) is 1. The summed E-state index contributed by atoms with van der Waals surface area (Å²) in [5.41, 5.74) is 5.80. The summed E-state index contributed by atoms with van der Waals surface area (Å²) in [5.74, 6) is 1.20. The molecule has 0 aliphatic rings. The van der Waals surface area contributed by atoms with Crippen LogP contribution < -0.4 is 15.2 Å². The van der Waals surface area contributed by atoms with E-state index in [0.29, 0.717) is 30.3 Å². The fraction of sp³-hybridized carbons (Fsp3) is 0.500. The van der Waals surface area contributed by atoms with Gasteiger partial charge < -0.3 is 15.2 Å². The summed E-state index contributed by atoms with van der Waals surface area (Å²) < 4.78 is 24.2. The molecule has 0 aromatic heterocycles. The molecule has 0 aliphatic heterocycles. The van der Waals surface area contributed by atoms with Crippen molar-refractivity contribution in [1.82, 2.24) is 0 Å². The zero-order valence-corrected chi connectivity index (χ0v) is 9.70. The van der Waals surface area contributed by atoms with E-state index in [1.807, 2.05) is 13.8 Å². The van der Waals surface area contributed by atoms with Crippen molar-refractivity contribution in [1.29, 1.82) is 0 Å². The summed E-state index contributed by atoms with van der Waals surface area (Å²) in [6.07, 6.45) is -1.16. The third-order valence-electron chi connectivity index (χ3n) is 2.14. The summed E-state index contributed by atoms with van der Waals surface area (Å²) in [6.45, 7) is 4.80. The molecule has 0 amide bonds. The molecule has 2 N–H and O–H groups in total. The number of halogens is 1. The van der Waals surface area contributed by atoms with E-state index >= 15 is 0 Å². The highest BCUT2D eigenvalue weighted by atomic mass is 19.1. The average molecular weight is 227 g/mol. The lowest BCUT2D eigenvalue weighted by molar-refractivity contribution is 0.285. The molecule has 0 fully saturated rings. The zero-order chi connectivity index (χ0) is 12.0. The molecule has 3 nitrogen and oxygen atoms in total. The molecule has 0 saturated heterocycles. The van der Waals surface area contributed by atoms with Crippen molar-refractivity contribution >= 4 is 0 Å². The molecule has 1 rings (SSSR count). The Morgan fingerprint density at radius 3 is 2.38 bits per heavy atom. The third kappa shape index (κ3) is 3.10. The SMILES string of the molecule is CCOc1ccc(C(F)CN)cc1OCC. The Morgan fingerprint density at radius 2 is 1.81 bits per heavy atom. The first-order valence-corrected chi connectivity index (χ1v) is 5.46. The quantitative estimate of drug-likeness (QED) is 0.811. The molecule has 1 atom stereocenters. The van der Waals surface area contributed by atoms with Gasteiger partial charge in [0, 0.05) is 6.54 Å². The lowest BCUT2D eigenvalue weighted by Crippen LogP contribution is -2.08. The van der Waals surface area contributed by atoms with Crippen molar-refractivity contribution in [2.75, 3.05) is 19.8 Å². The number of hydrogen-bond acceptors (Lipinski definition) is 3. The van der Waals surface area contributed by atoms with E-state index < -0.39 is 6.17 Å². The van der Waals surface area contributed by atoms with Crippen LogP contribution in [0.2, 0.25) is 0 Å². The minimum atomic E-state index is -1.16. The van der Waals surface area contributed by atoms with Crippen molar-refractivity contribution in [3.8, 4) is 11.5 Å². The molecule has 0 aliphatic carbocycles. The van der Waals surface area contributed by atoms with Crippen LogP contribution >= 0.6 is 0 Å². The van der Waals surface area contributed by atoms with Gasteiger partial charge in [-0.15, -0.1) is 0 Å². The van der Waals surface area contributed by atoms with E-state index in [9.17, 15) is 4.39 Å². The van der Waals surface area contributed by atoms with Crippen molar-refractivity contribution in [2.24, 2.45) is 5.73 Å². The van der Waals surface area contributed by atoms with Crippen LogP contribution in [0.5, 0.6) is 11.5 Å². The summed E-state index contributed by atoms with van der Waals surface area (Å²) in [5, 5.41) is 0. The Labute approximate surface area is 95.4 Å². The van der Waals surface area contributed by atoms with Gasteiger partial charge in [-0.05, 0) is 31.5 Å². The van der Waals surface area contributed by atoms with Crippen LogP contribution in [0.1, 0.15) is 25.6 Å². The van der Waals surface area contributed by atoms with E-state index in [1.165, 1.54) is 0 Å². The Kier molecular flexibility index (Phi) is 5.05. The molecule has 1 unspecified atom stereocenters. The first-order valence-electron chi connectivity index (χ1n) is 5.46. The van der Waals surface area contributed by atoms with Gasteiger partial charge in [-0.1, -0.05) is 6.07 Å². The number of alkyl halides is 1. The monoisotopic (exact) mass is 227 g/mol. The maximum atomic E-state index is 13.4. The van der Waals surface area contributed by atoms with E-state index in [-0.39, 0.29) is 6.54 Å². The number of ether oxygens (including phenoxy) is 2. The predicted octanol–water partition coefficient (Wildman–Crippen LogP) is 2.45. The minimum Gasteiger partial charge on any atom is -0.490 e. The maximum Gasteiger partial charge on any atom is 0.161 e. The highest BCUT2D eigenvalue weighted by Gasteiger charge is 2.12. The number of rotatable bonds is 6. The van der Waals surface area contributed by atoms with Gasteiger partial charge in [0.25, 0.3) is 0 Å². The molecule has 0 heterocycles. The Morgan fingerprint density at radius 1 is 1.19 bits per heavy atom. The number of benzene rings is 1. The second-order valence-corrected chi connectivity index (χ2v) is 3.28. The highest BCUT2D eigenvalue weighted by Crippen LogP contribution is 2.31. The predicted molar refractivity (Wildman–Crippen MR) is 61.7 cm³/mol. The molecule has 16 heavy (non-hydrogen) atoms. The van der Waals surface area contributed by atoms with Gasteiger partial charge in [-0.3, -0.25) is 0 Å². The molecule has 1 aromatic rings. The van der Waals surface area contributed by atoms with Crippen LogP contribution in [0.4, 0.5) is 4.39 Å². The van der Waals surface area contributed by atoms with Crippen molar-refractivity contribution in [3.63, 3.8) is 0 Å². The Balaban J connectivity index is 2.96. The molecular formula is C12H18FNO2. The first-order chi connectivity index (χ1) is 7.72. The molecule has 0 bridgehead atoms. The summed E-state index contributed by atoms with van der Waals surface area (Å²) in [4.78, 5) is 0. The third-order valence-corrected chi connectivity index (χ3v) is 2.14. The van der Waals surface area contributed by atoms with Gasteiger partial charge in [-0.2, -0.15) is 0 Å². The lowest BCUT2D eigenvalue weighted by atomic mass is 10.1. The van der Waals surface area contributed by atoms with Gasteiger partial charge in [-0.25, -0.2) is 4.39 Å². The van der Waals surface area contributed by atoms with Crippen molar-refractivity contribution in [2.45, 2.75) is 20.0 Å². The normalized spacial score (nSPS) is 12.2. The van der Waals surface area contributed by atoms with Gasteiger partial charge in [0.2, 0.25) is 0 Å². The zero-order valence-electron chi connectivity index (χ0n) is 9.70. The van der Waals surface area contributed by atoms with Crippen LogP contribution in [-0.2, 0) is 0 Å². The van der Waals surface area contributed by atoms with Gasteiger partial charge in [0.15, 0.2) is 11.5 Å². The second kappa shape index (κ2) is 6.33. The van der Waals surface area contributed by atoms with E-state index in [1.54, 1.807) is 18.2 Å². The summed E-state index contributed by atoms with van der Waals surface area (Å²) in [6, 6.07) is 5.03. The fourth-order valence-corrected chi connectivity index (χ4v) is 1.40. The van der Waals surface area contributed by atoms with E-state index in [4.69, 9.17) is 15.2 Å². The van der Waals surface area contributed by atoms with Gasteiger partial charge in [0.05, 0.1) is 13.2 Å². The summed E-state index contributed by atoms with van der Waals surface area (Å²) >= 11 is 0. The van der Waals surface area contributed by atoms with E-state index in [0.717, 1.165) is 0 Å². The molecule has 1 aromatic carbocycles. The smallest absolute Gasteiger partial charge is 0.161 e. The van der Waals surface area contributed by atoms with E-state index in [2.05, 4.69) is 0 Å². The van der Waals surface area contributed by atoms with Crippen molar-refractivity contribution in [3.05, 3.63) is 23.8 Å². The van der Waals surface area contributed by atoms with Crippen molar-refractivity contribution < 1.29 is 13.9 Å².